The Bertz CT molecular complexity index is 423. The van der Waals surface area contributed by atoms with Crippen molar-refractivity contribution in [2.45, 2.75) is 39.5 Å². The molecule has 2 amide bonds. The Kier molecular flexibility index (Phi) is 8.96. The van der Waals surface area contributed by atoms with Crippen LogP contribution in [-0.2, 0) is 28.0 Å². The predicted octanol–water partition coefficient (Wildman–Crippen LogP) is 1.01. The molecule has 0 aliphatic rings. The van der Waals surface area contributed by atoms with Crippen LogP contribution in [0.1, 0.15) is 39.5 Å². The highest BCUT2D eigenvalue weighted by atomic mass is 31.2. The van der Waals surface area contributed by atoms with Gasteiger partial charge in [-0.1, -0.05) is 13.8 Å². The van der Waals surface area contributed by atoms with E-state index in [1.165, 1.54) is 0 Å². The molecule has 0 aromatic rings. The molecule has 0 aliphatic heterocycles. The fourth-order valence-corrected chi connectivity index (χ4v) is 3.89. The second-order valence-electron chi connectivity index (χ2n) is 4.15. The molecule has 10 nitrogen and oxygen atoms in total. The molecular weight excluding hydrogens is 326 g/mol. The third kappa shape index (κ3) is 10.6. The topological polar surface area (TPSA) is 151 Å². The quantitative estimate of drug-likeness (QED) is 0.338. The molecule has 0 saturated heterocycles. The van der Waals surface area contributed by atoms with Gasteiger partial charge in [-0.05, 0) is 12.8 Å². The lowest BCUT2D eigenvalue weighted by Gasteiger charge is -2.18. The monoisotopic (exact) mass is 346 g/mol. The van der Waals surface area contributed by atoms with E-state index < -0.39 is 32.9 Å². The molecule has 0 spiro atoms. The van der Waals surface area contributed by atoms with Gasteiger partial charge in [0.1, 0.15) is 0 Å². The summed E-state index contributed by atoms with van der Waals surface area (Å²) in [7, 11) is -9.18. The van der Waals surface area contributed by atoms with Crippen molar-refractivity contribution in [1.82, 2.24) is 11.0 Å². The predicted molar refractivity (Wildman–Crippen MR) is 72.8 cm³/mol. The van der Waals surface area contributed by atoms with Gasteiger partial charge in [-0.2, -0.15) is 9.25 Å². The third-order valence-corrected chi connectivity index (χ3v) is 5.51. The van der Waals surface area contributed by atoms with Crippen LogP contribution >= 0.6 is 15.2 Å². The van der Waals surface area contributed by atoms with Crippen LogP contribution in [0.5, 0.6) is 0 Å². The number of hydroxylamine groups is 2. The molecule has 0 unspecified atom stereocenters. The van der Waals surface area contributed by atoms with Crippen LogP contribution in [0.25, 0.3) is 0 Å². The van der Waals surface area contributed by atoms with E-state index >= 15 is 0 Å². The van der Waals surface area contributed by atoms with E-state index in [9.17, 15) is 18.7 Å². The molecule has 0 rings (SSSR count). The molecule has 0 aromatic carbocycles. The molecule has 0 atom stereocenters. The zero-order valence-corrected chi connectivity index (χ0v) is 13.6. The van der Waals surface area contributed by atoms with Crippen molar-refractivity contribution in [2.24, 2.45) is 0 Å². The van der Waals surface area contributed by atoms with Gasteiger partial charge in [-0.25, -0.2) is 11.0 Å². The first kappa shape index (κ1) is 20.2. The van der Waals surface area contributed by atoms with Crippen molar-refractivity contribution in [3.63, 3.8) is 0 Å². The van der Waals surface area contributed by atoms with Gasteiger partial charge >= 0.3 is 15.2 Å². The van der Waals surface area contributed by atoms with Gasteiger partial charge in [-0.3, -0.25) is 18.7 Å². The van der Waals surface area contributed by atoms with E-state index in [0.717, 1.165) is 0 Å². The molecule has 0 aromatic heterocycles. The van der Waals surface area contributed by atoms with Gasteiger partial charge < -0.3 is 9.79 Å². The zero-order chi connectivity index (χ0) is 16.5. The smallest absolute Gasteiger partial charge is 0.324 e. The lowest BCUT2D eigenvalue weighted by molar-refractivity contribution is -0.130. The van der Waals surface area contributed by atoms with Crippen LogP contribution in [-0.4, -0.2) is 27.5 Å². The van der Waals surface area contributed by atoms with Crippen molar-refractivity contribution < 1.29 is 37.8 Å². The van der Waals surface area contributed by atoms with Crippen LogP contribution in [0.15, 0.2) is 0 Å². The zero-order valence-electron chi connectivity index (χ0n) is 11.8. The summed E-state index contributed by atoms with van der Waals surface area (Å²) < 4.78 is 32.0. The standard InChI is InChI=1S/C9H20N2O8P2/c1-3-5-8(12)10-18-21(17,7-20(14,15)16)19-11-9(13)6-4-2/h3-7H2,1-2H3,(H,10,12)(H,11,13)(H2,14,15,16). The Hall–Kier alpha value is -0.760. The van der Waals surface area contributed by atoms with E-state index in [2.05, 4.69) is 9.25 Å². The molecule has 0 bridgehead atoms. The molecule has 0 aliphatic carbocycles. The van der Waals surface area contributed by atoms with Crippen LogP contribution in [0, 0.1) is 0 Å². The molecule has 0 saturated carbocycles. The van der Waals surface area contributed by atoms with Gasteiger partial charge in [0.2, 0.25) is 11.8 Å². The Balaban J connectivity index is 4.69. The van der Waals surface area contributed by atoms with Crippen molar-refractivity contribution >= 4 is 27.0 Å². The highest BCUT2D eigenvalue weighted by Crippen LogP contribution is 2.57. The Labute approximate surface area is 122 Å². The molecule has 0 radical (unpaired) electrons. The number of amides is 2. The van der Waals surface area contributed by atoms with E-state index in [-0.39, 0.29) is 12.8 Å². The minimum atomic E-state index is -4.75. The maximum absolute atomic E-state index is 12.1. The maximum Gasteiger partial charge on any atom is 0.384 e. The summed E-state index contributed by atoms with van der Waals surface area (Å²) >= 11 is 0. The van der Waals surface area contributed by atoms with Gasteiger partial charge in [0.25, 0.3) is 0 Å². The van der Waals surface area contributed by atoms with Crippen LogP contribution < -0.4 is 11.0 Å². The van der Waals surface area contributed by atoms with Gasteiger partial charge in [0, 0.05) is 12.8 Å². The minimum Gasteiger partial charge on any atom is -0.324 e. The van der Waals surface area contributed by atoms with E-state index in [4.69, 9.17) is 9.79 Å². The summed E-state index contributed by atoms with van der Waals surface area (Å²) in [6, 6.07) is 0. The molecule has 4 N–H and O–H groups in total. The Morgan fingerprint density at radius 3 is 1.62 bits per heavy atom. The van der Waals surface area contributed by atoms with Gasteiger partial charge in [0.05, 0.1) is 0 Å². The number of hydrogen-bond acceptors (Lipinski definition) is 6. The first-order valence-corrected chi connectivity index (χ1v) is 9.73. The third-order valence-electron chi connectivity index (χ3n) is 1.91. The van der Waals surface area contributed by atoms with Crippen LogP contribution in [0.3, 0.4) is 0 Å². The fraction of sp³-hybridized carbons (Fsp3) is 0.778. The number of carbonyl (C=O) groups is 2. The lowest BCUT2D eigenvalue weighted by atomic mass is 10.3. The number of rotatable bonds is 10. The fourth-order valence-electron chi connectivity index (χ4n) is 1.10. The summed E-state index contributed by atoms with van der Waals surface area (Å²) in [6.45, 7) is 3.44. The number of carbonyl (C=O) groups excluding carboxylic acids is 2. The largest absolute Gasteiger partial charge is 0.384 e. The first-order chi connectivity index (χ1) is 9.62. The maximum atomic E-state index is 12.1. The first-order valence-electron chi connectivity index (χ1n) is 6.20. The molecule has 0 heterocycles. The van der Waals surface area contributed by atoms with E-state index in [1.54, 1.807) is 24.8 Å². The van der Waals surface area contributed by atoms with Crippen LogP contribution in [0.2, 0.25) is 0 Å². The second-order valence-corrected chi connectivity index (χ2v) is 8.20. The van der Waals surface area contributed by atoms with Crippen molar-refractivity contribution in [1.29, 1.82) is 0 Å². The SMILES string of the molecule is CCCC(=O)NOP(=O)(CP(=O)(O)O)ONC(=O)CCC. The summed E-state index contributed by atoms with van der Waals surface area (Å²) in [5, 5.41) is 0. The summed E-state index contributed by atoms with van der Waals surface area (Å²) in [6.07, 6.45) is 1.12. The Morgan fingerprint density at radius 1 is 0.952 bits per heavy atom. The van der Waals surface area contributed by atoms with Crippen molar-refractivity contribution in [2.75, 3.05) is 5.90 Å². The number of nitrogens with one attached hydrogen (secondary N) is 2. The average molecular weight is 346 g/mol. The Morgan fingerprint density at radius 2 is 1.33 bits per heavy atom. The number of hydrogen-bond donors (Lipinski definition) is 4. The highest BCUT2D eigenvalue weighted by Gasteiger charge is 2.36. The second kappa shape index (κ2) is 9.30. The highest BCUT2D eigenvalue weighted by molar-refractivity contribution is 7.70. The molecule has 21 heavy (non-hydrogen) atoms. The normalized spacial score (nSPS) is 12.0. The van der Waals surface area contributed by atoms with E-state index in [1.807, 2.05) is 0 Å². The molecule has 124 valence electrons. The van der Waals surface area contributed by atoms with Crippen molar-refractivity contribution in [3.05, 3.63) is 0 Å². The van der Waals surface area contributed by atoms with E-state index in [0.29, 0.717) is 12.8 Å². The molecule has 12 heteroatoms. The summed E-state index contributed by atoms with van der Waals surface area (Å²) in [5.74, 6) is -2.54. The summed E-state index contributed by atoms with van der Waals surface area (Å²) in [4.78, 5) is 40.1. The molecular formula is C9H20N2O8P2. The average Bonchev–Trinajstić information content (AvgIpc) is 2.33. The lowest BCUT2D eigenvalue weighted by Crippen LogP contribution is -2.27. The van der Waals surface area contributed by atoms with Gasteiger partial charge in [0.15, 0.2) is 5.90 Å². The van der Waals surface area contributed by atoms with Crippen molar-refractivity contribution in [3.8, 4) is 0 Å². The minimum absolute atomic E-state index is 0.0676. The van der Waals surface area contributed by atoms with Gasteiger partial charge in [-0.15, -0.1) is 0 Å². The molecule has 0 fully saturated rings. The summed E-state index contributed by atoms with van der Waals surface area (Å²) in [5.41, 5.74) is 3.56. The van der Waals surface area contributed by atoms with Crippen LogP contribution in [0.4, 0.5) is 0 Å².